The van der Waals surface area contributed by atoms with Gasteiger partial charge in [0.15, 0.2) is 5.75 Å². The molecule has 0 aliphatic carbocycles. The summed E-state index contributed by atoms with van der Waals surface area (Å²) in [6, 6.07) is 5.89. The van der Waals surface area contributed by atoms with E-state index in [1.54, 1.807) is 6.20 Å². The number of hydrogen-bond donors (Lipinski definition) is 0. The summed E-state index contributed by atoms with van der Waals surface area (Å²) < 4.78 is 7.67. The molecule has 0 saturated heterocycles. The van der Waals surface area contributed by atoms with Gasteiger partial charge in [0, 0.05) is 22.0 Å². The predicted octanol–water partition coefficient (Wildman–Crippen LogP) is 4.80. The Kier molecular flexibility index (Phi) is 4.30. The van der Waals surface area contributed by atoms with E-state index in [0.717, 1.165) is 17.1 Å². The van der Waals surface area contributed by atoms with E-state index in [1.807, 2.05) is 29.1 Å². The molecular formula is C13H14BrClN2O. The lowest BCUT2D eigenvalue weighted by Crippen LogP contribution is -1.99. The second-order valence-electron chi connectivity index (χ2n) is 4.24. The van der Waals surface area contributed by atoms with Crippen LogP contribution in [0.1, 0.15) is 25.5 Å². The van der Waals surface area contributed by atoms with E-state index in [4.69, 9.17) is 16.3 Å². The van der Waals surface area contributed by atoms with E-state index in [-0.39, 0.29) is 0 Å². The molecule has 0 fully saturated rings. The fourth-order valence-electron chi connectivity index (χ4n) is 1.53. The molecule has 0 N–H and O–H groups in total. The molecule has 1 aromatic heterocycles. The quantitative estimate of drug-likeness (QED) is 0.753. The minimum absolute atomic E-state index is 0.322. The Morgan fingerprint density at radius 3 is 2.83 bits per heavy atom. The zero-order chi connectivity index (χ0) is 13.1. The van der Waals surface area contributed by atoms with Crippen LogP contribution in [0.5, 0.6) is 11.5 Å². The molecule has 96 valence electrons. The van der Waals surface area contributed by atoms with Crippen LogP contribution in [-0.4, -0.2) is 9.78 Å². The SMILES string of the molecule is CC(C)n1cc(Oc2ccc(Cl)cc2CBr)cn1. The maximum atomic E-state index is 5.95. The lowest BCUT2D eigenvalue weighted by molar-refractivity contribution is 0.473. The van der Waals surface area contributed by atoms with Crippen molar-refractivity contribution < 1.29 is 4.74 Å². The average molecular weight is 330 g/mol. The number of hydrogen-bond acceptors (Lipinski definition) is 2. The molecule has 2 aromatic rings. The van der Waals surface area contributed by atoms with Crippen molar-refractivity contribution in [3.05, 3.63) is 41.2 Å². The molecule has 0 bridgehead atoms. The molecule has 1 heterocycles. The molecule has 0 saturated carbocycles. The Bertz CT molecular complexity index is 540. The zero-order valence-electron chi connectivity index (χ0n) is 10.2. The molecule has 3 nitrogen and oxygen atoms in total. The van der Waals surface area contributed by atoms with Gasteiger partial charge in [-0.3, -0.25) is 4.68 Å². The number of ether oxygens (including phenoxy) is 1. The fraction of sp³-hybridized carbons (Fsp3) is 0.308. The Hall–Kier alpha value is -1.00. The van der Waals surface area contributed by atoms with Gasteiger partial charge in [-0.25, -0.2) is 0 Å². The molecule has 18 heavy (non-hydrogen) atoms. The monoisotopic (exact) mass is 328 g/mol. The first kappa shape index (κ1) is 13.4. The minimum atomic E-state index is 0.322. The summed E-state index contributed by atoms with van der Waals surface area (Å²) in [5, 5.41) is 5.64. The second-order valence-corrected chi connectivity index (χ2v) is 5.23. The number of nitrogens with zero attached hydrogens (tertiary/aromatic N) is 2. The summed E-state index contributed by atoms with van der Waals surface area (Å²) in [5.74, 6) is 1.52. The summed E-state index contributed by atoms with van der Waals surface area (Å²) in [7, 11) is 0. The van der Waals surface area contributed by atoms with Gasteiger partial charge in [-0.15, -0.1) is 0 Å². The molecule has 0 atom stereocenters. The van der Waals surface area contributed by atoms with Gasteiger partial charge in [-0.1, -0.05) is 27.5 Å². The van der Waals surface area contributed by atoms with E-state index < -0.39 is 0 Å². The maximum absolute atomic E-state index is 5.95. The van der Waals surface area contributed by atoms with Crippen molar-refractivity contribution in [2.75, 3.05) is 0 Å². The first-order chi connectivity index (χ1) is 8.60. The van der Waals surface area contributed by atoms with Crippen LogP contribution in [0.2, 0.25) is 5.02 Å². The van der Waals surface area contributed by atoms with Gasteiger partial charge in [-0.2, -0.15) is 5.10 Å². The highest BCUT2D eigenvalue weighted by molar-refractivity contribution is 9.08. The van der Waals surface area contributed by atoms with Crippen molar-refractivity contribution in [2.45, 2.75) is 25.2 Å². The molecule has 0 aliphatic rings. The van der Waals surface area contributed by atoms with Crippen LogP contribution in [0.3, 0.4) is 0 Å². The number of aromatic nitrogens is 2. The van der Waals surface area contributed by atoms with Crippen molar-refractivity contribution in [1.29, 1.82) is 0 Å². The standard InChI is InChI=1S/C13H14BrClN2O/c1-9(2)17-8-12(7-16-17)18-13-4-3-11(15)5-10(13)6-14/h3-5,7-9H,6H2,1-2H3. The Morgan fingerprint density at radius 1 is 1.44 bits per heavy atom. The largest absolute Gasteiger partial charge is 0.454 e. The molecule has 0 unspecified atom stereocenters. The van der Waals surface area contributed by atoms with E-state index in [2.05, 4.69) is 34.9 Å². The van der Waals surface area contributed by atoms with E-state index in [1.165, 1.54) is 0 Å². The van der Waals surface area contributed by atoms with Gasteiger partial charge in [0.05, 0.1) is 12.4 Å². The summed E-state index contributed by atoms with van der Waals surface area (Å²) in [6.07, 6.45) is 3.60. The van der Waals surface area contributed by atoms with Crippen molar-refractivity contribution >= 4 is 27.5 Å². The maximum Gasteiger partial charge on any atom is 0.165 e. The van der Waals surface area contributed by atoms with Crippen LogP contribution in [0.15, 0.2) is 30.6 Å². The highest BCUT2D eigenvalue weighted by atomic mass is 79.9. The van der Waals surface area contributed by atoms with E-state index in [0.29, 0.717) is 16.4 Å². The van der Waals surface area contributed by atoms with E-state index in [9.17, 15) is 0 Å². The molecule has 1 aromatic carbocycles. The zero-order valence-corrected chi connectivity index (χ0v) is 12.6. The minimum Gasteiger partial charge on any atom is -0.454 e. The molecular weight excluding hydrogens is 316 g/mol. The summed E-state index contributed by atoms with van der Waals surface area (Å²) in [5.41, 5.74) is 1.01. The van der Waals surface area contributed by atoms with Crippen molar-refractivity contribution in [1.82, 2.24) is 9.78 Å². The lowest BCUT2D eigenvalue weighted by atomic mass is 10.2. The first-order valence-corrected chi connectivity index (χ1v) is 7.16. The second kappa shape index (κ2) is 5.76. The summed E-state index contributed by atoms with van der Waals surface area (Å²) in [6.45, 7) is 4.14. The lowest BCUT2D eigenvalue weighted by Gasteiger charge is -2.08. The van der Waals surface area contributed by atoms with Crippen LogP contribution >= 0.6 is 27.5 Å². The van der Waals surface area contributed by atoms with Gasteiger partial charge in [0.2, 0.25) is 0 Å². The van der Waals surface area contributed by atoms with Crippen molar-refractivity contribution in [3.8, 4) is 11.5 Å². The normalized spacial score (nSPS) is 10.9. The summed E-state index contributed by atoms with van der Waals surface area (Å²) in [4.78, 5) is 0. The predicted molar refractivity (Wildman–Crippen MR) is 76.8 cm³/mol. The Balaban J connectivity index is 2.22. The topological polar surface area (TPSA) is 27.1 Å². The third kappa shape index (κ3) is 3.06. The number of halogens is 2. The molecule has 0 aliphatic heterocycles. The first-order valence-electron chi connectivity index (χ1n) is 5.66. The van der Waals surface area contributed by atoms with Crippen LogP contribution < -0.4 is 4.74 Å². The average Bonchev–Trinajstić information content (AvgIpc) is 2.80. The molecule has 0 amide bonds. The van der Waals surface area contributed by atoms with Gasteiger partial charge in [0.25, 0.3) is 0 Å². The van der Waals surface area contributed by atoms with Gasteiger partial charge in [-0.05, 0) is 32.0 Å². The van der Waals surface area contributed by atoms with Crippen LogP contribution in [0.25, 0.3) is 0 Å². The molecule has 2 rings (SSSR count). The smallest absolute Gasteiger partial charge is 0.165 e. The van der Waals surface area contributed by atoms with E-state index >= 15 is 0 Å². The molecule has 0 radical (unpaired) electrons. The van der Waals surface area contributed by atoms with Crippen molar-refractivity contribution in [3.63, 3.8) is 0 Å². The summed E-state index contributed by atoms with van der Waals surface area (Å²) >= 11 is 9.38. The number of benzene rings is 1. The number of rotatable bonds is 4. The van der Waals surface area contributed by atoms with Gasteiger partial charge in [0.1, 0.15) is 5.75 Å². The fourth-order valence-corrected chi connectivity index (χ4v) is 2.17. The third-order valence-electron chi connectivity index (χ3n) is 2.50. The van der Waals surface area contributed by atoms with Crippen LogP contribution in [-0.2, 0) is 5.33 Å². The van der Waals surface area contributed by atoms with Crippen LogP contribution in [0.4, 0.5) is 0 Å². The van der Waals surface area contributed by atoms with Gasteiger partial charge < -0.3 is 4.74 Å². The van der Waals surface area contributed by atoms with Crippen molar-refractivity contribution in [2.24, 2.45) is 0 Å². The van der Waals surface area contributed by atoms with Crippen LogP contribution in [0, 0.1) is 0 Å². The number of alkyl halides is 1. The highest BCUT2D eigenvalue weighted by Crippen LogP contribution is 2.29. The third-order valence-corrected chi connectivity index (χ3v) is 3.34. The Labute approximate surface area is 120 Å². The highest BCUT2D eigenvalue weighted by Gasteiger charge is 2.07. The molecule has 5 heteroatoms. The van der Waals surface area contributed by atoms with Gasteiger partial charge >= 0.3 is 0 Å². The molecule has 0 spiro atoms. The Morgan fingerprint density at radius 2 is 2.22 bits per heavy atom.